The van der Waals surface area contributed by atoms with Crippen LogP contribution in [-0.4, -0.2) is 43.9 Å². The first-order chi connectivity index (χ1) is 13.0. The maximum Gasteiger partial charge on any atom is 0.225 e. The third-order valence-electron chi connectivity index (χ3n) is 5.18. The third kappa shape index (κ3) is 4.95. The molecule has 2 aromatic rings. The first-order valence-electron chi connectivity index (χ1n) is 9.49. The standard InChI is InChI=1S/C22H27N3O2/c1-24(2)20(18-11-7-4-8-12-18)14-23-22(27)19-13-21(26)25(16-19)15-17-9-5-3-6-10-17/h3-12,19-20H,13-16H2,1-2H3,(H,23,27)/p+1/t19-,20+/m0/s1. The van der Waals surface area contributed by atoms with Gasteiger partial charge in [0.25, 0.3) is 0 Å². The summed E-state index contributed by atoms with van der Waals surface area (Å²) in [4.78, 5) is 28.0. The van der Waals surface area contributed by atoms with E-state index < -0.39 is 0 Å². The Bertz CT molecular complexity index is 762. The highest BCUT2D eigenvalue weighted by Crippen LogP contribution is 2.20. The van der Waals surface area contributed by atoms with Crippen molar-refractivity contribution in [1.82, 2.24) is 10.2 Å². The molecule has 0 unspecified atom stereocenters. The van der Waals surface area contributed by atoms with E-state index in [0.717, 1.165) is 5.56 Å². The molecule has 27 heavy (non-hydrogen) atoms. The van der Waals surface area contributed by atoms with Gasteiger partial charge in [0.05, 0.1) is 26.6 Å². The van der Waals surface area contributed by atoms with Crippen LogP contribution in [0.25, 0.3) is 0 Å². The zero-order valence-corrected chi connectivity index (χ0v) is 16.0. The molecule has 5 heteroatoms. The largest absolute Gasteiger partial charge is 0.349 e. The molecule has 3 rings (SSSR count). The van der Waals surface area contributed by atoms with Gasteiger partial charge in [-0.25, -0.2) is 0 Å². The molecule has 0 spiro atoms. The van der Waals surface area contributed by atoms with Gasteiger partial charge in [0.15, 0.2) is 0 Å². The van der Waals surface area contributed by atoms with Gasteiger partial charge in [0.1, 0.15) is 6.04 Å². The fraction of sp³-hybridized carbons (Fsp3) is 0.364. The van der Waals surface area contributed by atoms with Crippen LogP contribution in [0.1, 0.15) is 23.6 Å². The molecule has 0 saturated carbocycles. The van der Waals surface area contributed by atoms with Gasteiger partial charge in [0.2, 0.25) is 11.8 Å². The Balaban J connectivity index is 1.56. The van der Waals surface area contributed by atoms with Crippen LogP contribution in [0, 0.1) is 5.92 Å². The molecule has 2 aromatic carbocycles. The molecule has 0 aliphatic carbocycles. The molecule has 5 nitrogen and oxygen atoms in total. The summed E-state index contributed by atoms with van der Waals surface area (Å²) < 4.78 is 0. The van der Waals surface area contributed by atoms with Gasteiger partial charge in [-0.05, 0) is 5.56 Å². The van der Waals surface area contributed by atoms with Crippen molar-refractivity contribution in [2.24, 2.45) is 5.92 Å². The Morgan fingerprint density at radius 2 is 1.74 bits per heavy atom. The van der Waals surface area contributed by atoms with Crippen molar-refractivity contribution in [3.8, 4) is 0 Å². The van der Waals surface area contributed by atoms with Crippen LogP contribution >= 0.6 is 0 Å². The Morgan fingerprint density at radius 1 is 1.11 bits per heavy atom. The Labute approximate surface area is 161 Å². The number of likely N-dealkylation sites (tertiary alicyclic amines) is 1. The maximum atomic E-state index is 12.6. The fourth-order valence-corrected chi connectivity index (χ4v) is 3.59. The van der Waals surface area contributed by atoms with E-state index in [1.54, 1.807) is 4.90 Å². The van der Waals surface area contributed by atoms with Crippen LogP contribution in [0.3, 0.4) is 0 Å². The van der Waals surface area contributed by atoms with Crippen LogP contribution < -0.4 is 10.2 Å². The average Bonchev–Trinajstić information content (AvgIpc) is 3.04. The van der Waals surface area contributed by atoms with Gasteiger partial charge in [-0.3, -0.25) is 9.59 Å². The van der Waals surface area contributed by atoms with Crippen LogP contribution in [0.4, 0.5) is 0 Å². The number of likely N-dealkylation sites (N-methyl/N-ethyl adjacent to an activating group) is 1. The minimum absolute atomic E-state index is 0.0268. The van der Waals surface area contributed by atoms with E-state index in [0.29, 0.717) is 26.1 Å². The first kappa shape index (κ1) is 19.1. The van der Waals surface area contributed by atoms with Gasteiger partial charge in [-0.1, -0.05) is 60.7 Å². The molecule has 2 amide bonds. The predicted molar refractivity (Wildman–Crippen MR) is 105 cm³/mol. The minimum Gasteiger partial charge on any atom is -0.349 e. The van der Waals surface area contributed by atoms with Crippen molar-refractivity contribution in [3.05, 3.63) is 71.8 Å². The molecule has 1 aliphatic heterocycles. The normalized spacial score (nSPS) is 18.0. The van der Waals surface area contributed by atoms with Crippen molar-refractivity contribution < 1.29 is 14.5 Å². The van der Waals surface area contributed by atoms with Crippen LogP contribution in [0.2, 0.25) is 0 Å². The Morgan fingerprint density at radius 3 is 2.37 bits per heavy atom. The number of nitrogens with zero attached hydrogens (tertiary/aromatic N) is 1. The number of hydrogen-bond acceptors (Lipinski definition) is 2. The molecule has 0 radical (unpaired) electrons. The summed E-state index contributed by atoms with van der Waals surface area (Å²) in [6, 6.07) is 20.3. The molecule has 0 bridgehead atoms. The monoisotopic (exact) mass is 366 g/mol. The van der Waals surface area contributed by atoms with Gasteiger partial charge in [0, 0.05) is 25.1 Å². The van der Waals surface area contributed by atoms with Gasteiger partial charge >= 0.3 is 0 Å². The average molecular weight is 366 g/mol. The summed E-state index contributed by atoms with van der Waals surface area (Å²) >= 11 is 0. The number of carbonyl (C=O) groups is 2. The molecule has 2 N–H and O–H groups in total. The van der Waals surface area contributed by atoms with Gasteiger partial charge < -0.3 is 15.1 Å². The topological polar surface area (TPSA) is 53.9 Å². The van der Waals surface area contributed by atoms with E-state index in [2.05, 4.69) is 31.5 Å². The number of rotatable bonds is 7. The lowest BCUT2D eigenvalue weighted by Gasteiger charge is -2.23. The van der Waals surface area contributed by atoms with E-state index in [1.807, 2.05) is 48.5 Å². The van der Waals surface area contributed by atoms with Crippen molar-refractivity contribution >= 4 is 11.8 Å². The molecule has 1 heterocycles. The number of amides is 2. The molecular weight excluding hydrogens is 338 g/mol. The zero-order chi connectivity index (χ0) is 19.2. The van der Waals surface area contributed by atoms with Crippen LogP contribution in [-0.2, 0) is 16.1 Å². The summed E-state index contributed by atoms with van der Waals surface area (Å²) in [5.74, 6) is -0.243. The number of nitrogens with one attached hydrogen (secondary N) is 2. The molecule has 2 atom stereocenters. The van der Waals surface area contributed by atoms with E-state index >= 15 is 0 Å². The second kappa shape index (κ2) is 8.82. The smallest absolute Gasteiger partial charge is 0.225 e. The highest BCUT2D eigenvalue weighted by Gasteiger charge is 2.34. The van der Waals surface area contributed by atoms with Crippen LogP contribution in [0.5, 0.6) is 0 Å². The van der Waals surface area contributed by atoms with Crippen molar-refractivity contribution in [2.75, 3.05) is 27.2 Å². The zero-order valence-electron chi connectivity index (χ0n) is 16.0. The van der Waals surface area contributed by atoms with Crippen LogP contribution in [0.15, 0.2) is 60.7 Å². The molecule has 1 aliphatic rings. The SMILES string of the molecule is C[NH+](C)[C@H](CNC(=O)[C@H]1CC(=O)N(Cc2ccccc2)C1)c1ccccc1. The number of quaternary nitrogens is 1. The lowest BCUT2D eigenvalue weighted by atomic mass is 10.0. The molecular formula is C22H28N3O2+. The number of benzene rings is 2. The first-order valence-corrected chi connectivity index (χ1v) is 9.49. The van der Waals surface area contributed by atoms with Gasteiger partial charge in [-0.2, -0.15) is 0 Å². The fourth-order valence-electron chi connectivity index (χ4n) is 3.59. The Hall–Kier alpha value is -2.66. The second-order valence-electron chi connectivity index (χ2n) is 7.45. The molecule has 0 aromatic heterocycles. The molecule has 1 fully saturated rings. The maximum absolute atomic E-state index is 12.6. The van der Waals surface area contributed by atoms with E-state index in [-0.39, 0.29) is 23.8 Å². The summed E-state index contributed by atoms with van der Waals surface area (Å²) in [6.45, 7) is 1.62. The second-order valence-corrected chi connectivity index (χ2v) is 7.45. The summed E-state index contributed by atoms with van der Waals surface area (Å²) in [6.07, 6.45) is 0.295. The number of hydrogen-bond donors (Lipinski definition) is 2. The minimum atomic E-state index is -0.269. The molecule has 1 saturated heterocycles. The lowest BCUT2D eigenvalue weighted by molar-refractivity contribution is -0.890. The van der Waals surface area contributed by atoms with E-state index in [1.165, 1.54) is 10.5 Å². The van der Waals surface area contributed by atoms with Crippen molar-refractivity contribution in [2.45, 2.75) is 19.0 Å². The number of carbonyl (C=O) groups excluding carboxylic acids is 2. The third-order valence-corrected chi connectivity index (χ3v) is 5.18. The summed E-state index contributed by atoms with van der Waals surface area (Å²) in [7, 11) is 4.18. The van der Waals surface area contributed by atoms with Crippen molar-refractivity contribution in [1.29, 1.82) is 0 Å². The summed E-state index contributed by atoms with van der Waals surface area (Å²) in [5.41, 5.74) is 2.29. The quantitative estimate of drug-likeness (QED) is 0.769. The Kier molecular flexibility index (Phi) is 6.24. The van der Waals surface area contributed by atoms with E-state index in [4.69, 9.17) is 0 Å². The molecule has 142 valence electrons. The lowest BCUT2D eigenvalue weighted by Crippen LogP contribution is -3.07. The van der Waals surface area contributed by atoms with E-state index in [9.17, 15) is 9.59 Å². The summed E-state index contributed by atoms with van der Waals surface area (Å²) in [5, 5.41) is 3.07. The van der Waals surface area contributed by atoms with Gasteiger partial charge in [-0.15, -0.1) is 0 Å². The highest BCUT2D eigenvalue weighted by molar-refractivity contribution is 5.89. The van der Waals surface area contributed by atoms with Crippen molar-refractivity contribution in [3.63, 3.8) is 0 Å². The highest BCUT2D eigenvalue weighted by atomic mass is 16.2. The predicted octanol–water partition coefficient (Wildman–Crippen LogP) is 1.04.